The first-order valence-corrected chi connectivity index (χ1v) is 6.77. The zero-order valence-electron chi connectivity index (χ0n) is 8.93. The minimum atomic E-state index is -0.141. The number of nitrogens with two attached hydrogens (primary N) is 1. The second-order valence-electron chi connectivity index (χ2n) is 3.53. The molecule has 0 aliphatic carbocycles. The summed E-state index contributed by atoms with van der Waals surface area (Å²) in [5, 5.41) is 9.99. The molecule has 0 amide bonds. The molecule has 4 nitrogen and oxygen atoms in total. The fraction of sp³-hybridized carbons (Fsp3) is 0.400. The first kappa shape index (κ1) is 11.8. The lowest BCUT2D eigenvalue weighted by Gasteiger charge is -2.10. The number of halogens is 1. The predicted octanol–water partition coefficient (Wildman–Crippen LogP) is 2.56. The number of hydrogen-bond donors (Lipinski definition) is 1. The van der Waals surface area contributed by atoms with Gasteiger partial charge < -0.3 is 5.73 Å². The molecule has 2 rings (SSSR count). The van der Waals surface area contributed by atoms with Crippen molar-refractivity contribution in [1.29, 1.82) is 0 Å². The average molecular weight is 301 g/mol. The van der Waals surface area contributed by atoms with Crippen molar-refractivity contribution in [3.05, 3.63) is 32.7 Å². The monoisotopic (exact) mass is 300 g/mol. The Kier molecular flexibility index (Phi) is 3.73. The second kappa shape index (κ2) is 5.07. The van der Waals surface area contributed by atoms with Crippen LogP contribution < -0.4 is 5.73 Å². The Labute approximate surface area is 107 Å². The normalized spacial score (nSPS) is 12.9. The van der Waals surface area contributed by atoms with Gasteiger partial charge in [0.25, 0.3) is 0 Å². The van der Waals surface area contributed by atoms with Crippen LogP contribution in [0.3, 0.4) is 0 Å². The van der Waals surface area contributed by atoms with E-state index >= 15 is 0 Å². The molecule has 2 aromatic rings. The highest BCUT2D eigenvalue weighted by Gasteiger charge is 2.16. The summed E-state index contributed by atoms with van der Waals surface area (Å²) in [4.78, 5) is 1.12. The van der Waals surface area contributed by atoms with E-state index in [-0.39, 0.29) is 6.04 Å². The average Bonchev–Trinajstić information content (AvgIpc) is 2.87. The van der Waals surface area contributed by atoms with Crippen molar-refractivity contribution in [2.24, 2.45) is 5.73 Å². The molecule has 16 heavy (non-hydrogen) atoms. The van der Waals surface area contributed by atoms with Crippen LogP contribution in [0.2, 0.25) is 0 Å². The SMILES string of the molecule is CCCn1nncc1C(N)c1cc(Br)cs1. The predicted molar refractivity (Wildman–Crippen MR) is 68.4 cm³/mol. The zero-order valence-corrected chi connectivity index (χ0v) is 11.3. The molecule has 0 aromatic carbocycles. The third kappa shape index (κ3) is 2.34. The summed E-state index contributed by atoms with van der Waals surface area (Å²) in [7, 11) is 0. The summed E-state index contributed by atoms with van der Waals surface area (Å²) in [6.45, 7) is 2.97. The van der Waals surface area contributed by atoms with Gasteiger partial charge in [0, 0.05) is 21.3 Å². The van der Waals surface area contributed by atoms with Crippen molar-refractivity contribution in [1.82, 2.24) is 15.0 Å². The van der Waals surface area contributed by atoms with Gasteiger partial charge in [0.2, 0.25) is 0 Å². The van der Waals surface area contributed by atoms with Gasteiger partial charge in [0.1, 0.15) is 0 Å². The fourth-order valence-corrected chi connectivity index (χ4v) is 2.99. The Morgan fingerprint density at radius 2 is 2.44 bits per heavy atom. The molecule has 1 atom stereocenters. The lowest BCUT2D eigenvalue weighted by Crippen LogP contribution is -2.16. The molecule has 0 aliphatic rings. The number of thiophene rings is 1. The van der Waals surface area contributed by atoms with E-state index in [1.165, 1.54) is 0 Å². The number of nitrogens with zero attached hydrogens (tertiary/aromatic N) is 3. The molecule has 0 bridgehead atoms. The van der Waals surface area contributed by atoms with Gasteiger partial charge in [-0.25, -0.2) is 4.68 Å². The number of aromatic nitrogens is 3. The Hall–Kier alpha value is -0.720. The first-order valence-electron chi connectivity index (χ1n) is 5.10. The van der Waals surface area contributed by atoms with Crippen LogP contribution in [-0.4, -0.2) is 15.0 Å². The molecule has 6 heteroatoms. The molecule has 0 radical (unpaired) electrons. The Morgan fingerprint density at radius 3 is 3.06 bits per heavy atom. The Morgan fingerprint density at radius 1 is 1.62 bits per heavy atom. The topological polar surface area (TPSA) is 56.7 Å². The standard InChI is InChI=1S/C10H13BrN4S/c1-2-3-15-8(5-13-14-15)10(12)9-4-7(11)6-16-9/h4-6,10H,2-3,12H2,1H3. The summed E-state index contributed by atoms with van der Waals surface area (Å²) in [5.74, 6) is 0. The molecule has 0 saturated carbocycles. The largest absolute Gasteiger partial charge is 0.318 e. The minimum Gasteiger partial charge on any atom is -0.318 e. The molecule has 0 spiro atoms. The lowest BCUT2D eigenvalue weighted by molar-refractivity contribution is 0.545. The third-order valence-corrected chi connectivity index (χ3v) is 4.07. The highest BCUT2D eigenvalue weighted by atomic mass is 79.9. The molecular weight excluding hydrogens is 288 g/mol. The van der Waals surface area contributed by atoms with E-state index in [1.54, 1.807) is 17.5 Å². The molecule has 0 fully saturated rings. The van der Waals surface area contributed by atoms with Crippen molar-refractivity contribution in [3.63, 3.8) is 0 Å². The molecule has 0 aliphatic heterocycles. The summed E-state index contributed by atoms with van der Waals surface area (Å²) in [6, 6.07) is 1.90. The van der Waals surface area contributed by atoms with Crippen LogP contribution in [0, 0.1) is 0 Å². The summed E-state index contributed by atoms with van der Waals surface area (Å²) in [6.07, 6.45) is 2.77. The quantitative estimate of drug-likeness (QED) is 0.944. The van der Waals surface area contributed by atoms with Crippen LogP contribution in [0.25, 0.3) is 0 Å². The fourth-order valence-electron chi connectivity index (χ4n) is 1.53. The van der Waals surface area contributed by atoms with Crippen molar-refractivity contribution in [2.45, 2.75) is 25.9 Å². The van der Waals surface area contributed by atoms with Gasteiger partial charge in [-0.05, 0) is 28.4 Å². The highest BCUT2D eigenvalue weighted by Crippen LogP contribution is 2.27. The highest BCUT2D eigenvalue weighted by molar-refractivity contribution is 9.10. The number of hydrogen-bond acceptors (Lipinski definition) is 4. The molecule has 86 valence electrons. The van der Waals surface area contributed by atoms with Crippen LogP contribution >= 0.6 is 27.3 Å². The minimum absolute atomic E-state index is 0.141. The lowest BCUT2D eigenvalue weighted by atomic mass is 10.2. The first-order chi connectivity index (χ1) is 7.72. The summed E-state index contributed by atoms with van der Waals surface area (Å²) >= 11 is 5.07. The van der Waals surface area contributed by atoms with E-state index in [4.69, 9.17) is 5.73 Å². The number of aryl methyl sites for hydroxylation is 1. The zero-order chi connectivity index (χ0) is 11.5. The van der Waals surface area contributed by atoms with Gasteiger partial charge in [0.15, 0.2) is 0 Å². The summed E-state index contributed by atoms with van der Waals surface area (Å²) in [5.41, 5.74) is 7.16. The van der Waals surface area contributed by atoms with Gasteiger partial charge in [-0.2, -0.15) is 0 Å². The molecule has 0 saturated heterocycles. The Bertz CT molecular complexity index is 465. The van der Waals surface area contributed by atoms with E-state index in [0.29, 0.717) is 0 Å². The van der Waals surface area contributed by atoms with Crippen LogP contribution in [-0.2, 0) is 6.54 Å². The van der Waals surface area contributed by atoms with Crippen LogP contribution in [0.5, 0.6) is 0 Å². The maximum Gasteiger partial charge on any atom is 0.0833 e. The van der Waals surface area contributed by atoms with Crippen molar-refractivity contribution < 1.29 is 0 Å². The van der Waals surface area contributed by atoms with Gasteiger partial charge in [-0.15, -0.1) is 16.4 Å². The van der Waals surface area contributed by atoms with Crippen molar-refractivity contribution >= 4 is 27.3 Å². The summed E-state index contributed by atoms with van der Waals surface area (Å²) < 4.78 is 2.94. The molecule has 1 unspecified atom stereocenters. The van der Waals surface area contributed by atoms with Crippen LogP contribution in [0.1, 0.15) is 30.0 Å². The maximum atomic E-state index is 6.19. The van der Waals surface area contributed by atoms with E-state index in [2.05, 4.69) is 33.2 Å². The van der Waals surface area contributed by atoms with Gasteiger partial charge in [0.05, 0.1) is 17.9 Å². The number of rotatable bonds is 4. The maximum absolute atomic E-state index is 6.19. The third-order valence-electron chi connectivity index (χ3n) is 2.30. The van der Waals surface area contributed by atoms with Crippen LogP contribution in [0.4, 0.5) is 0 Å². The van der Waals surface area contributed by atoms with Crippen molar-refractivity contribution in [2.75, 3.05) is 0 Å². The van der Waals surface area contributed by atoms with Gasteiger partial charge >= 0.3 is 0 Å². The van der Waals surface area contributed by atoms with Gasteiger partial charge in [-0.3, -0.25) is 0 Å². The Balaban J connectivity index is 2.26. The second-order valence-corrected chi connectivity index (χ2v) is 5.39. The molecule has 2 heterocycles. The smallest absolute Gasteiger partial charge is 0.0833 e. The van der Waals surface area contributed by atoms with Gasteiger partial charge in [-0.1, -0.05) is 12.1 Å². The van der Waals surface area contributed by atoms with E-state index < -0.39 is 0 Å². The van der Waals surface area contributed by atoms with E-state index in [0.717, 1.165) is 28.0 Å². The van der Waals surface area contributed by atoms with Crippen LogP contribution in [0.15, 0.2) is 22.1 Å². The van der Waals surface area contributed by atoms with E-state index in [1.807, 2.05) is 16.1 Å². The molecule has 2 aromatic heterocycles. The van der Waals surface area contributed by atoms with Crippen molar-refractivity contribution in [3.8, 4) is 0 Å². The molecular formula is C10H13BrN4S. The van der Waals surface area contributed by atoms with E-state index in [9.17, 15) is 0 Å². The molecule has 2 N–H and O–H groups in total.